The van der Waals surface area contributed by atoms with Crippen LogP contribution in [0.5, 0.6) is 0 Å². The molecule has 0 aliphatic rings. The Labute approximate surface area is 183 Å². The molecule has 8 nitrogen and oxygen atoms in total. The molecular weight excluding hydrogens is 420 g/mol. The molecule has 160 valence electrons. The quantitative estimate of drug-likeness (QED) is 0.514. The first-order valence-corrected chi connectivity index (χ1v) is 11.4. The standard InChI is InChI=1S/C20H26N6O2S2/c1-12(2)11-21-19-23-24-20(30-19)29-14(4)17(27)22-16-13(3)25(5)26(18(16)28)15-9-7-6-8-10-15/h6-10,12,14H,11H2,1-5H3,(H,21,23)(H,22,27)/t14-/m1/s1. The van der Waals surface area contributed by atoms with Crippen LogP contribution in [-0.2, 0) is 11.8 Å². The van der Waals surface area contributed by atoms with Crippen LogP contribution in [0, 0.1) is 12.8 Å². The average Bonchev–Trinajstić information content (AvgIpc) is 3.25. The summed E-state index contributed by atoms with van der Waals surface area (Å²) in [7, 11) is 1.80. The zero-order chi connectivity index (χ0) is 21.8. The van der Waals surface area contributed by atoms with Gasteiger partial charge in [0.15, 0.2) is 4.34 Å². The molecule has 0 saturated heterocycles. The monoisotopic (exact) mass is 446 g/mol. The number of rotatable bonds is 8. The topological polar surface area (TPSA) is 93.8 Å². The van der Waals surface area contributed by atoms with E-state index in [-0.39, 0.29) is 17.2 Å². The van der Waals surface area contributed by atoms with Gasteiger partial charge in [0.1, 0.15) is 5.69 Å². The molecule has 0 aliphatic heterocycles. The number of nitrogens with one attached hydrogen (secondary N) is 2. The van der Waals surface area contributed by atoms with Gasteiger partial charge in [-0.2, -0.15) is 0 Å². The van der Waals surface area contributed by atoms with Crippen molar-refractivity contribution in [3.8, 4) is 5.69 Å². The Morgan fingerprint density at radius 3 is 2.57 bits per heavy atom. The van der Waals surface area contributed by atoms with Gasteiger partial charge in [0, 0.05) is 13.6 Å². The molecule has 0 bridgehead atoms. The van der Waals surface area contributed by atoms with Gasteiger partial charge in [-0.05, 0) is 31.9 Å². The summed E-state index contributed by atoms with van der Waals surface area (Å²) in [6.45, 7) is 8.65. The molecule has 0 saturated carbocycles. The van der Waals surface area contributed by atoms with Crippen LogP contribution in [0.25, 0.3) is 5.69 Å². The van der Waals surface area contributed by atoms with E-state index in [9.17, 15) is 9.59 Å². The fourth-order valence-corrected chi connectivity index (χ4v) is 4.66. The van der Waals surface area contributed by atoms with E-state index in [4.69, 9.17) is 0 Å². The third-order valence-corrected chi connectivity index (χ3v) is 6.58. The van der Waals surface area contributed by atoms with Crippen LogP contribution in [0.3, 0.4) is 0 Å². The molecule has 10 heteroatoms. The van der Waals surface area contributed by atoms with Crippen molar-refractivity contribution in [3.05, 3.63) is 46.4 Å². The summed E-state index contributed by atoms with van der Waals surface area (Å²) in [5, 5.41) is 14.6. The fourth-order valence-electron chi connectivity index (χ4n) is 2.76. The van der Waals surface area contributed by atoms with Gasteiger partial charge in [-0.25, -0.2) is 4.68 Å². The first-order valence-electron chi connectivity index (χ1n) is 9.66. The second-order valence-electron chi connectivity index (χ2n) is 7.33. The lowest BCUT2D eigenvalue weighted by atomic mass is 10.2. The molecule has 0 fully saturated rings. The Morgan fingerprint density at radius 2 is 1.90 bits per heavy atom. The molecule has 1 atom stereocenters. The van der Waals surface area contributed by atoms with Crippen molar-refractivity contribution in [2.75, 3.05) is 17.2 Å². The largest absolute Gasteiger partial charge is 0.360 e. The minimum absolute atomic E-state index is 0.252. The van der Waals surface area contributed by atoms with E-state index >= 15 is 0 Å². The Kier molecular flexibility index (Phi) is 6.99. The number of hydrogen-bond acceptors (Lipinski definition) is 7. The summed E-state index contributed by atoms with van der Waals surface area (Å²) in [5.41, 5.74) is 1.45. The van der Waals surface area contributed by atoms with E-state index in [0.717, 1.165) is 17.4 Å². The van der Waals surface area contributed by atoms with Gasteiger partial charge >= 0.3 is 0 Å². The number of anilines is 2. The molecule has 30 heavy (non-hydrogen) atoms. The van der Waals surface area contributed by atoms with E-state index < -0.39 is 5.25 Å². The van der Waals surface area contributed by atoms with E-state index in [0.29, 0.717) is 16.0 Å². The van der Waals surface area contributed by atoms with Gasteiger partial charge in [-0.15, -0.1) is 10.2 Å². The average molecular weight is 447 g/mol. The first kappa shape index (κ1) is 22.1. The highest BCUT2D eigenvalue weighted by Gasteiger charge is 2.22. The molecule has 2 aromatic heterocycles. The lowest BCUT2D eigenvalue weighted by Gasteiger charge is -2.09. The molecule has 0 spiro atoms. The summed E-state index contributed by atoms with van der Waals surface area (Å²) in [4.78, 5) is 25.7. The van der Waals surface area contributed by atoms with Gasteiger partial charge in [0.2, 0.25) is 11.0 Å². The Morgan fingerprint density at radius 1 is 1.20 bits per heavy atom. The van der Waals surface area contributed by atoms with Gasteiger partial charge in [0.05, 0.1) is 16.6 Å². The third-order valence-electron chi connectivity index (χ3n) is 4.52. The summed E-state index contributed by atoms with van der Waals surface area (Å²) in [6.07, 6.45) is 0. The lowest BCUT2D eigenvalue weighted by Crippen LogP contribution is -2.27. The molecule has 2 heterocycles. The molecule has 0 radical (unpaired) electrons. The second kappa shape index (κ2) is 9.48. The molecule has 3 rings (SSSR count). The minimum Gasteiger partial charge on any atom is -0.360 e. The molecule has 3 aromatic rings. The highest BCUT2D eigenvalue weighted by Crippen LogP contribution is 2.29. The van der Waals surface area contributed by atoms with Crippen molar-refractivity contribution >= 4 is 39.8 Å². The number of carbonyl (C=O) groups excluding carboxylic acids is 1. The highest BCUT2D eigenvalue weighted by molar-refractivity contribution is 8.02. The zero-order valence-electron chi connectivity index (χ0n) is 17.7. The number of hydrogen-bond donors (Lipinski definition) is 2. The summed E-state index contributed by atoms with van der Waals surface area (Å²) in [5.74, 6) is 0.252. The number of amides is 1. The lowest BCUT2D eigenvalue weighted by molar-refractivity contribution is -0.115. The highest BCUT2D eigenvalue weighted by atomic mass is 32.2. The third kappa shape index (κ3) is 4.93. The number of carbonyl (C=O) groups is 1. The zero-order valence-corrected chi connectivity index (χ0v) is 19.3. The predicted octanol–water partition coefficient (Wildman–Crippen LogP) is 3.52. The number of benzene rings is 1. The minimum atomic E-state index is -0.430. The molecule has 1 amide bonds. The van der Waals surface area contributed by atoms with Crippen molar-refractivity contribution in [2.24, 2.45) is 13.0 Å². The predicted molar refractivity (Wildman–Crippen MR) is 123 cm³/mol. The van der Waals surface area contributed by atoms with Crippen LogP contribution in [-0.4, -0.2) is 37.3 Å². The van der Waals surface area contributed by atoms with E-state index in [1.807, 2.05) is 37.3 Å². The van der Waals surface area contributed by atoms with Crippen molar-refractivity contribution in [2.45, 2.75) is 37.3 Å². The number of aromatic nitrogens is 4. The molecule has 1 aromatic carbocycles. The SMILES string of the molecule is Cc1c(NC(=O)[C@@H](C)Sc2nnc(NCC(C)C)s2)c(=O)n(-c2ccccc2)n1C. The maximum atomic E-state index is 12.9. The van der Waals surface area contributed by atoms with Crippen LogP contribution in [0.4, 0.5) is 10.8 Å². The normalized spacial score (nSPS) is 12.2. The Bertz CT molecular complexity index is 1070. The van der Waals surface area contributed by atoms with Gasteiger partial charge < -0.3 is 10.6 Å². The molecule has 2 N–H and O–H groups in total. The molecule has 0 aliphatic carbocycles. The van der Waals surface area contributed by atoms with Gasteiger partial charge in [-0.3, -0.25) is 14.3 Å². The smallest absolute Gasteiger partial charge is 0.295 e. The summed E-state index contributed by atoms with van der Waals surface area (Å²) in [6, 6.07) is 9.33. The molecule has 0 unspecified atom stereocenters. The van der Waals surface area contributed by atoms with E-state index in [1.165, 1.54) is 23.1 Å². The van der Waals surface area contributed by atoms with Crippen LogP contribution in [0.2, 0.25) is 0 Å². The fraction of sp³-hybridized carbons (Fsp3) is 0.400. The summed E-state index contributed by atoms with van der Waals surface area (Å²) < 4.78 is 3.98. The Balaban J connectivity index is 1.71. The first-order chi connectivity index (χ1) is 14.3. The van der Waals surface area contributed by atoms with Crippen molar-refractivity contribution < 1.29 is 4.79 Å². The summed E-state index contributed by atoms with van der Waals surface area (Å²) >= 11 is 2.74. The van der Waals surface area contributed by atoms with Gasteiger partial charge in [0.25, 0.3) is 5.56 Å². The van der Waals surface area contributed by atoms with E-state index in [2.05, 4.69) is 34.7 Å². The van der Waals surface area contributed by atoms with E-state index in [1.54, 1.807) is 23.3 Å². The van der Waals surface area contributed by atoms with Crippen LogP contribution < -0.4 is 16.2 Å². The van der Waals surface area contributed by atoms with Gasteiger partial charge in [-0.1, -0.05) is 55.1 Å². The number of nitrogens with zero attached hydrogens (tertiary/aromatic N) is 4. The van der Waals surface area contributed by atoms with Crippen LogP contribution in [0.15, 0.2) is 39.5 Å². The maximum absolute atomic E-state index is 12.9. The van der Waals surface area contributed by atoms with Crippen molar-refractivity contribution in [3.63, 3.8) is 0 Å². The maximum Gasteiger partial charge on any atom is 0.295 e. The van der Waals surface area contributed by atoms with Crippen LogP contribution in [0.1, 0.15) is 26.5 Å². The molecular formula is C20H26N6O2S2. The van der Waals surface area contributed by atoms with Crippen LogP contribution >= 0.6 is 23.1 Å². The second-order valence-corrected chi connectivity index (χ2v) is 9.90. The number of para-hydroxylation sites is 1. The van der Waals surface area contributed by atoms with Crippen molar-refractivity contribution in [1.29, 1.82) is 0 Å². The Hall–Kier alpha value is -2.59. The number of thioether (sulfide) groups is 1. The van der Waals surface area contributed by atoms with Crippen molar-refractivity contribution in [1.82, 2.24) is 19.6 Å².